The summed E-state index contributed by atoms with van der Waals surface area (Å²) in [6.07, 6.45) is 5.74. The molecule has 1 aliphatic carbocycles. The van der Waals surface area contributed by atoms with Crippen LogP contribution in [0, 0.1) is 11.8 Å². The standard InChI is InChI=1S/C13H24N2O/c1-11-3-4-12(9-11)10-13(16)15-7-2-5-14-6-8-15/h11-12,14H,2-10H2,1H3. The van der Waals surface area contributed by atoms with E-state index in [2.05, 4.69) is 17.1 Å². The molecule has 3 heteroatoms. The molecule has 2 atom stereocenters. The van der Waals surface area contributed by atoms with Crippen LogP contribution in [0.4, 0.5) is 0 Å². The van der Waals surface area contributed by atoms with Gasteiger partial charge in [-0.3, -0.25) is 4.79 Å². The number of carbonyl (C=O) groups excluding carboxylic acids is 1. The third-order valence-corrected chi connectivity index (χ3v) is 3.96. The monoisotopic (exact) mass is 224 g/mol. The van der Waals surface area contributed by atoms with E-state index in [9.17, 15) is 4.79 Å². The van der Waals surface area contributed by atoms with Crippen molar-refractivity contribution in [2.24, 2.45) is 11.8 Å². The van der Waals surface area contributed by atoms with E-state index in [-0.39, 0.29) is 0 Å². The lowest BCUT2D eigenvalue weighted by atomic mass is 10.0. The van der Waals surface area contributed by atoms with Crippen LogP contribution in [0.15, 0.2) is 0 Å². The zero-order valence-electron chi connectivity index (χ0n) is 10.4. The first-order chi connectivity index (χ1) is 7.75. The first-order valence-corrected chi connectivity index (χ1v) is 6.74. The molecule has 2 fully saturated rings. The van der Waals surface area contributed by atoms with Crippen LogP contribution in [0.25, 0.3) is 0 Å². The van der Waals surface area contributed by atoms with Gasteiger partial charge in [0, 0.05) is 26.1 Å². The van der Waals surface area contributed by atoms with E-state index in [1.54, 1.807) is 0 Å². The fourth-order valence-corrected chi connectivity index (χ4v) is 2.98. The van der Waals surface area contributed by atoms with Gasteiger partial charge in [0.15, 0.2) is 0 Å². The highest BCUT2D eigenvalue weighted by Gasteiger charge is 2.25. The van der Waals surface area contributed by atoms with Crippen molar-refractivity contribution in [1.82, 2.24) is 10.2 Å². The highest BCUT2D eigenvalue weighted by Crippen LogP contribution is 2.32. The van der Waals surface area contributed by atoms with Crippen molar-refractivity contribution in [2.45, 2.75) is 39.0 Å². The summed E-state index contributed by atoms with van der Waals surface area (Å²) >= 11 is 0. The van der Waals surface area contributed by atoms with Gasteiger partial charge in [-0.2, -0.15) is 0 Å². The van der Waals surface area contributed by atoms with Gasteiger partial charge >= 0.3 is 0 Å². The van der Waals surface area contributed by atoms with E-state index in [4.69, 9.17) is 0 Å². The van der Waals surface area contributed by atoms with E-state index in [1.165, 1.54) is 19.3 Å². The summed E-state index contributed by atoms with van der Waals surface area (Å²) in [5, 5.41) is 3.34. The van der Waals surface area contributed by atoms with Crippen molar-refractivity contribution in [3.05, 3.63) is 0 Å². The maximum Gasteiger partial charge on any atom is 0.222 e. The molecule has 92 valence electrons. The second-order valence-electron chi connectivity index (χ2n) is 5.47. The van der Waals surface area contributed by atoms with Crippen molar-refractivity contribution in [3.63, 3.8) is 0 Å². The number of rotatable bonds is 2. The van der Waals surface area contributed by atoms with Gasteiger partial charge in [0.2, 0.25) is 5.91 Å². The minimum atomic E-state index is 0.391. The highest BCUT2D eigenvalue weighted by molar-refractivity contribution is 5.76. The van der Waals surface area contributed by atoms with E-state index in [0.29, 0.717) is 11.8 Å². The Morgan fingerprint density at radius 2 is 2.19 bits per heavy atom. The van der Waals surface area contributed by atoms with Crippen LogP contribution in [0.1, 0.15) is 39.0 Å². The summed E-state index contributed by atoms with van der Waals surface area (Å²) < 4.78 is 0. The van der Waals surface area contributed by atoms with Crippen molar-refractivity contribution < 1.29 is 4.79 Å². The van der Waals surface area contributed by atoms with Crippen molar-refractivity contribution in [1.29, 1.82) is 0 Å². The van der Waals surface area contributed by atoms with Crippen LogP contribution < -0.4 is 5.32 Å². The Labute approximate surface area is 98.6 Å². The van der Waals surface area contributed by atoms with Gasteiger partial charge in [0.25, 0.3) is 0 Å². The molecular weight excluding hydrogens is 200 g/mol. The van der Waals surface area contributed by atoms with Crippen LogP contribution in [0.2, 0.25) is 0 Å². The van der Waals surface area contributed by atoms with Crippen molar-refractivity contribution >= 4 is 5.91 Å². The number of carbonyl (C=O) groups is 1. The topological polar surface area (TPSA) is 32.3 Å². The van der Waals surface area contributed by atoms with E-state index >= 15 is 0 Å². The van der Waals surface area contributed by atoms with Gasteiger partial charge in [-0.05, 0) is 37.6 Å². The number of hydrogen-bond acceptors (Lipinski definition) is 2. The smallest absolute Gasteiger partial charge is 0.222 e. The van der Waals surface area contributed by atoms with Gasteiger partial charge in [-0.25, -0.2) is 0 Å². The quantitative estimate of drug-likeness (QED) is 0.773. The molecule has 1 saturated heterocycles. The molecule has 16 heavy (non-hydrogen) atoms. The normalized spacial score (nSPS) is 31.4. The van der Waals surface area contributed by atoms with Crippen molar-refractivity contribution in [2.75, 3.05) is 26.2 Å². The lowest BCUT2D eigenvalue weighted by Gasteiger charge is -2.21. The average Bonchev–Trinajstić information content (AvgIpc) is 2.56. The van der Waals surface area contributed by atoms with Crippen LogP contribution >= 0.6 is 0 Å². The third-order valence-electron chi connectivity index (χ3n) is 3.96. The van der Waals surface area contributed by atoms with Gasteiger partial charge in [-0.15, -0.1) is 0 Å². The van der Waals surface area contributed by atoms with E-state index in [1.807, 2.05) is 0 Å². The molecule has 2 rings (SSSR count). The predicted molar refractivity (Wildman–Crippen MR) is 65.2 cm³/mol. The molecule has 0 spiro atoms. The zero-order chi connectivity index (χ0) is 11.4. The first kappa shape index (κ1) is 11.9. The maximum atomic E-state index is 12.1. The Kier molecular flexibility index (Phi) is 4.22. The fraction of sp³-hybridized carbons (Fsp3) is 0.923. The van der Waals surface area contributed by atoms with Crippen LogP contribution in [0.3, 0.4) is 0 Å². The Hall–Kier alpha value is -0.570. The molecule has 0 bridgehead atoms. The summed E-state index contributed by atoms with van der Waals surface area (Å²) in [4.78, 5) is 14.2. The molecule has 2 aliphatic rings. The average molecular weight is 224 g/mol. The largest absolute Gasteiger partial charge is 0.341 e. The predicted octanol–water partition coefficient (Wildman–Crippen LogP) is 1.63. The third kappa shape index (κ3) is 3.21. The molecule has 1 amide bonds. The molecule has 0 aromatic heterocycles. The van der Waals surface area contributed by atoms with Gasteiger partial charge in [-0.1, -0.05) is 13.3 Å². The molecule has 1 N–H and O–H groups in total. The van der Waals surface area contributed by atoms with Crippen LogP contribution in [-0.4, -0.2) is 37.0 Å². The Bertz CT molecular complexity index is 234. The Balaban J connectivity index is 1.77. The summed E-state index contributed by atoms with van der Waals surface area (Å²) in [7, 11) is 0. The molecule has 0 aromatic carbocycles. The lowest BCUT2D eigenvalue weighted by molar-refractivity contribution is -0.132. The molecular formula is C13H24N2O. The summed E-state index contributed by atoms with van der Waals surface area (Å²) in [5.41, 5.74) is 0. The highest BCUT2D eigenvalue weighted by atomic mass is 16.2. The SMILES string of the molecule is CC1CCC(CC(=O)N2CCCNCC2)C1. The molecule has 0 radical (unpaired) electrons. The second-order valence-corrected chi connectivity index (χ2v) is 5.47. The molecule has 3 nitrogen and oxygen atoms in total. The lowest BCUT2D eigenvalue weighted by Crippen LogP contribution is -2.35. The summed E-state index contributed by atoms with van der Waals surface area (Å²) in [6, 6.07) is 0. The van der Waals surface area contributed by atoms with Gasteiger partial charge < -0.3 is 10.2 Å². The Morgan fingerprint density at radius 1 is 1.31 bits per heavy atom. The van der Waals surface area contributed by atoms with Gasteiger partial charge in [0.05, 0.1) is 0 Å². The first-order valence-electron chi connectivity index (χ1n) is 6.74. The molecule has 1 saturated carbocycles. The number of amides is 1. The van der Waals surface area contributed by atoms with E-state index < -0.39 is 0 Å². The zero-order valence-corrected chi connectivity index (χ0v) is 10.4. The molecule has 1 heterocycles. The summed E-state index contributed by atoms with van der Waals surface area (Å²) in [5.74, 6) is 1.89. The Morgan fingerprint density at radius 3 is 2.94 bits per heavy atom. The minimum absolute atomic E-state index is 0.391. The fourth-order valence-electron chi connectivity index (χ4n) is 2.98. The number of hydrogen-bond donors (Lipinski definition) is 1. The summed E-state index contributed by atoms with van der Waals surface area (Å²) in [6.45, 7) is 6.19. The molecule has 0 aromatic rings. The second kappa shape index (κ2) is 5.67. The van der Waals surface area contributed by atoms with Crippen molar-refractivity contribution in [3.8, 4) is 0 Å². The maximum absolute atomic E-state index is 12.1. The van der Waals surface area contributed by atoms with E-state index in [0.717, 1.165) is 44.9 Å². The number of nitrogens with one attached hydrogen (secondary N) is 1. The molecule has 1 aliphatic heterocycles. The van der Waals surface area contributed by atoms with Crippen LogP contribution in [-0.2, 0) is 4.79 Å². The minimum Gasteiger partial charge on any atom is -0.341 e. The molecule has 2 unspecified atom stereocenters. The van der Waals surface area contributed by atoms with Crippen LogP contribution in [0.5, 0.6) is 0 Å². The van der Waals surface area contributed by atoms with Gasteiger partial charge in [0.1, 0.15) is 0 Å². The number of nitrogens with zero attached hydrogens (tertiary/aromatic N) is 1.